The summed E-state index contributed by atoms with van der Waals surface area (Å²) >= 11 is 6.20. The van der Waals surface area contributed by atoms with E-state index in [4.69, 9.17) is 11.6 Å². The SMILES string of the molecule is Cc1ccc(-n2nc3ccc(N4CCCC4)cc3n2)cc1Cl. The van der Waals surface area contributed by atoms with Gasteiger partial charge in [-0.3, -0.25) is 0 Å². The molecule has 4 nitrogen and oxygen atoms in total. The van der Waals surface area contributed by atoms with Gasteiger partial charge in [-0.15, -0.1) is 10.2 Å². The molecule has 112 valence electrons. The van der Waals surface area contributed by atoms with Crippen LogP contribution in [0.25, 0.3) is 16.7 Å². The van der Waals surface area contributed by atoms with E-state index >= 15 is 0 Å². The minimum absolute atomic E-state index is 0.733. The minimum atomic E-state index is 0.733. The van der Waals surface area contributed by atoms with E-state index in [-0.39, 0.29) is 0 Å². The number of benzene rings is 2. The first-order valence-electron chi connectivity index (χ1n) is 7.59. The number of nitrogens with zero attached hydrogens (tertiary/aromatic N) is 4. The largest absolute Gasteiger partial charge is 0.371 e. The summed E-state index contributed by atoms with van der Waals surface area (Å²) in [6, 6.07) is 12.2. The van der Waals surface area contributed by atoms with E-state index in [1.165, 1.54) is 18.5 Å². The highest BCUT2D eigenvalue weighted by molar-refractivity contribution is 6.31. The lowest BCUT2D eigenvalue weighted by atomic mass is 10.2. The zero-order valence-corrected chi connectivity index (χ0v) is 13.2. The summed E-state index contributed by atoms with van der Waals surface area (Å²) < 4.78 is 0. The van der Waals surface area contributed by atoms with Crippen LogP contribution in [-0.4, -0.2) is 28.1 Å². The monoisotopic (exact) mass is 312 g/mol. The summed E-state index contributed by atoms with van der Waals surface area (Å²) in [6.45, 7) is 4.25. The van der Waals surface area contributed by atoms with Gasteiger partial charge in [-0.25, -0.2) is 0 Å². The highest BCUT2D eigenvalue weighted by Gasteiger charge is 2.14. The highest BCUT2D eigenvalue weighted by atomic mass is 35.5. The Labute approximate surface area is 134 Å². The molecule has 0 aliphatic carbocycles. The van der Waals surface area contributed by atoms with Gasteiger partial charge in [0, 0.05) is 23.8 Å². The summed E-state index contributed by atoms with van der Waals surface area (Å²) in [5, 5.41) is 9.89. The van der Waals surface area contributed by atoms with Crippen LogP contribution < -0.4 is 4.90 Å². The maximum atomic E-state index is 6.20. The Kier molecular flexibility index (Phi) is 3.26. The van der Waals surface area contributed by atoms with Crippen LogP contribution >= 0.6 is 11.6 Å². The van der Waals surface area contributed by atoms with Gasteiger partial charge in [0.15, 0.2) is 0 Å². The van der Waals surface area contributed by atoms with Crippen molar-refractivity contribution < 1.29 is 0 Å². The van der Waals surface area contributed by atoms with E-state index < -0.39 is 0 Å². The molecule has 0 saturated carbocycles. The summed E-state index contributed by atoms with van der Waals surface area (Å²) in [7, 11) is 0. The highest BCUT2D eigenvalue weighted by Crippen LogP contribution is 2.24. The molecule has 1 aliphatic heterocycles. The number of fused-ring (bicyclic) bond motifs is 1. The fraction of sp³-hybridized carbons (Fsp3) is 0.294. The number of hydrogen-bond donors (Lipinski definition) is 0. The molecule has 0 radical (unpaired) electrons. The minimum Gasteiger partial charge on any atom is -0.371 e. The van der Waals surface area contributed by atoms with Crippen LogP contribution in [-0.2, 0) is 0 Å². The molecule has 2 aromatic carbocycles. The van der Waals surface area contributed by atoms with Gasteiger partial charge in [-0.05, 0) is 55.7 Å². The van der Waals surface area contributed by atoms with Crippen molar-refractivity contribution in [2.45, 2.75) is 19.8 Å². The van der Waals surface area contributed by atoms with Gasteiger partial charge in [0.1, 0.15) is 11.0 Å². The Morgan fingerprint density at radius 2 is 1.64 bits per heavy atom. The quantitative estimate of drug-likeness (QED) is 0.717. The molecule has 0 N–H and O–H groups in total. The lowest BCUT2D eigenvalue weighted by Gasteiger charge is -2.16. The van der Waals surface area contributed by atoms with Crippen LogP contribution in [0.5, 0.6) is 0 Å². The Hall–Kier alpha value is -2.07. The molecule has 2 heterocycles. The molecule has 0 amide bonds. The Bertz CT molecular complexity index is 834. The first kappa shape index (κ1) is 13.6. The van der Waals surface area contributed by atoms with Crippen molar-refractivity contribution in [3.05, 3.63) is 47.0 Å². The van der Waals surface area contributed by atoms with Crippen molar-refractivity contribution in [1.82, 2.24) is 15.0 Å². The number of halogens is 1. The van der Waals surface area contributed by atoms with Gasteiger partial charge in [0.25, 0.3) is 0 Å². The van der Waals surface area contributed by atoms with Gasteiger partial charge < -0.3 is 4.90 Å². The molecule has 1 fully saturated rings. The van der Waals surface area contributed by atoms with Gasteiger partial charge in [0.05, 0.1) is 5.69 Å². The average molecular weight is 313 g/mol. The predicted molar refractivity (Wildman–Crippen MR) is 90.1 cm³/mol. The van der Waals surface area contributed by atoms with Crippen molar-refractivity contribution in [2.75, 3.05) is 18.0 Å². The molecule has 0 bridgehead atoms. The smallest absolute Gasteiger partial charge is 0.115 e. The summed E-state index contributed by atoms with van der Waals surface area (Å²) in [5.74, 6) is 0. The summed E-state index contributed by atoms with van der Waals surface area (Å²) in [5.41, 5.74) is 4.99. The molecule has 22 heavy (non-hydrogen) atoms. The molecule has 3 aromatic rings. The van der Waals surface area contributed by atoms with Gasteiger partial charge >= 0.3 is 0 Å². The lowest BCUT2D eigenvalue weighted by Crippen LogP contribution is -2.17. The third kappa shape index (κ3) is 2.33. The van der Waals surface area contributed by atoms with Crippen LogP contribution in [0.3, 0.4) is 0 Å². The Morgan fingerprint density at radius 3 is 2.41 bits per heavy atom. The molecule has 5 heteroatoms. The number of hydrogen-bond acceptors (Lipinski definition) is 3. The van der Waals surface area contributed by atoms with Crippen molar-refractivity contribution in [3.63, 3.8) is 0 Å². The summed E-state index contributed by atoms with van der Waals surface area (Å²) in [6.07, 6.45) is 2.54. The second-order valence-corrected chi connectivity index (χ2v) is 6.20. The molecule has 0 unspecified atom stereocenters. The standard InChI is InChI=1S/C17H17ClN4/c1-12-4-5-14(10-15(12)18)22-19-16-7-6-13(11-17(16)20-22)21-8-2-3-9-21/h4-7,10-11H,2-3,8-9H2,1H3. The third-order valence-electron chi connectivity index (χ3n) is 4.22. The molecule has 0 spiro atoms. The van der Waals surface area contributed by atoms with Crippen molar-refractivity contribution in [2.24, 2.45) is 0 Å². The van der Waals surface area contributed by atoms with Crippen molar-refractivity contribution in [3.8, 4) is 5.69 Å². The predicted octanol–water partition coefficient (Wildman–Crippen LogP) is 3.98. The van der Waals surface area contributed by atoms with E-state index in [0.29, 0.717) is 0 Å². The van der Waals surface area contributed by atoms with Crippen LogP contribution in [0, 0.1) is 6.92 Å². The van der Waals surface area contributed by atoms with Crippen LogP contribution in [0.1, 0.15) is 18.4 Å². The molecular formula is C17H17ClN4. The second kappa shape index (κ2) is 5.29. The Morgan fingerprint density at radius 1 is 0.909 bits per heavy atom. The fourth-order valence-corrected chi connectivity index (χ4v) is 3.07. The van der Waals surface area contributed by atoms with E-state index in [1.807, 2.05) is 31.2 Å². The number of aryl methyl sites for hydroxylation is 1. The molecular weight excluding hydrogens is 296 g/mol. The zero-order chi connectivity index (χ0) is 15.1. The van der Waals surface area contributed by atoms with Gasteiger partial charge in [-0.1, -0.05) is 17.7 Å². The maximum absolute atomic E-state index is 6.20. The van der Waals surface area contributed by atoms with Crippen LogP contribution in [0.2, 0.25) is 5.02 Å². The van der Waals surface area contributed by atoms with E-state index in [1.54, 1.807) is 4.80 Å². The zero-order valence-electron chi connectivity index (χ0n) is 12.5. The molecule has 1 saturated heterocycles. The van der Waals surface area contributed by atoms with Crippen LogP contribution in [0.4, 0.5) is 5.69 Å². The van der Waals surface area contributed by atoms with Gasteiger partial charge in [-0.2, -0.15) is 4.80 Å². The number of anilines is 1. The average Bonchev–Trinajstić information content (AvgIpc) is 3.17. The number of aromatic nitrogens is 3. The molecule has 4 rings (SSSR count). The summed E-state index contributed by atoms with van der Waals surface area (Å²) in [4.78, 5) is 4.06. The van der Waals surface area contributed by atoms with Crippen molar-refractivity contribution >= 4 is 28.3 Å². The first-order valence-corrected chi connectivity index (χ1v) is 7.97. The van der Waals surface area contributed by atoms with Crippen molar-refractivity contribution in [1.29, 1.82) is 0 Å². The molecule has 1 aliphatic rings. The third-order valence-corrected chi connectivity index (χ3v) is 4.63. The normalized spacial score (nSPS) is 14.9. The molecule has 1 aromatic heterocycles. The lowest BCUT2D eigenvalue weighted by molar-refractivity contribution is 0.765. The number of rotatable bonds is 2. The van der Waals surface area contributed by atoms with E-state index in [2.05, 4.69) is 27.2 Å². The maximum Gasteiger partial charge on any atom is 0.115 e. The first-order chi connectivity index (χ1) is 10.7. The topological polar surface area (TPSA) is 34.0 Å². The van der Waals surface area contributed by atoms with E-state index in [0.717, 1.165) is 40.4 Å². The fourth-order valence-electron chi connectivity index (χ4n) is 2.90. The van der Waals surface area contributed by atoms with E-state index in [9.17, 15) is 0 Å². The second-order valence-electron chi connectivity index (χ2n) is 5.79. The van der Waals surface area contributed by atoms with Crippen LogP contribution in [0.15, 0.2) is 36.4 Å². The Balaban J connectivity index is 1.74. The molecule has 0 atom stereocenters. The van der Waals surface area contributed by atoms with Gasteiger partial charge in [0.2, 0.25) is 0 Å².